The van der Waals surface area contributed by atoms with Gasteiger partial charge in [-0.05, 0) is 43.9 Å². The lowest BCUT2D eigenvalue weighted by Gasteiger charge is -2.40. The van der Waals surface area contributed by atoms with E-state index in [0.29, 0.717) is 11.7 Å². The lowest BCUT2D eigenvalue weighted by atomic mass is 9.63. The molecule has 16 heavy (non-hydrogen) atoms. The van der Waals surface area contributed by atoms with Crippen LogP contribution < -0.4 is 0 Å². The number of hydrogen-bond donors (Lipinski definition) is 0. The molecule has 0 bridgehead atoms. The van der Waals surface area contributed by atoms with E-state index in [1.54, 1.807) is 0 Å². The molecule has 2 aliphatic rings. The van der Waals surface area contributed by atoms with E-state index in [1.165, 1.54) is 18.4 Å². The Morgan fingerprint density at radius 2 is 2.06 bits per heavy atom. The van der Waals surface area contributed by atoms with Gasteiger partial charge in [0, 0.05) is 11.1 Å². The van der Waals surface area contributed by atoms with Crippen molar-refractivity contribution in [2.75, 3.05) is 0 Å². The number of carbonyl (C=O) groups is 1. The summed E-state index contributed by atoms with van der Waals surface area (Å²) in [6.07, 6.45) is 6.77. The fraction of sp³-hybridized carbons (Fsp3) is 0.667. The molecule has 1 heteroatoms. The summed E-state index contributed by atoms with van der Waals surface area (Å²) in [5.74, 6) is 0.695. The van der Waals surface area contributed by atoms with Crippen LogP contribution in [0.15, 0.2) is 22.8 Å². The van der Waals surface area contributed by atoms with Crippen molar-refractivity contribution < 1.29 is 4.79 Å². The van der Waals surface area contributed by atoms with Crippen LogP contribution in [0.4, 0.5) is 0 Å². The molecule has 0 heterocycles. The van der Waals surface area contributed by atoms with Crippen molar-refractivity contribution in [3.63, 3.8) is 0 Å². The minimum atomic E-state index is 0.137. The third kappa shape index (κ3) is 1.66. The summed E-state index contributed by atoms with van der Waals surface area (Å²) in [6, 6.07) is 0. The minimum absolute atomic E-state index is 0.137. The maximum Gasteiger partial charge on any atom is 0.185 e. The van der Waals surface area contributed by atoms with Crippen LogP contribution in [-0.4, -0.2) is 5.78 Å². The van der Waals surface area contributed by atoms with E-state index in [2.05, 4.69) is 33.8 Å². The number of allylic oxidation sites excluding steroid dienone is 4. The summed E-state index contributed by atoms with van der Waals surface area (Å²) in [5, 5.41) is 0. The van der Waals surface area contributed by atoms with Crippen LogP contribution in [0.5, 0.6) is 0 Å². The van der Waals surface area contributed by atoms with Gasteiger partial charge in [-0.25, -0.2) is 0 Å². The molecule has 88 valence electrons. The topological polar surface area (TPSA) is 17.1 Å². The van der Waals surface area contributed by atoms with Gasteiger partial charge in [0.05, 0.1) is 0 Å². The van der Waals surface area contributed by atoms with E-state index < -0.39 is 0 Å². The predicted molar refractivity (Wildman–Crippen MR) is 67.2 cm³/mol. The maximum absolute atomic E-state index is 12.5. The first-order chi connectivity index (χ1) is 7.46. The monoisotopic (exact) mass is 218 g/mol. The molecule has 2 rings (SSSR count). The first-order valence-electron chi connectivity index (χ1n) is 6.41. The van der Waals surface area contributed by atoms with Gasteiger partial charge in [-0.15, -0.1) is 0 Å². The molecule has 0 aromatic rings. The number of ketones is 1. The first-order valence-corrected chi connectivity index (χ1v) is 6.41. The van der Waals surface area contributed by atoms with Gasteiger partial charge in [0.15, 0.2) is 5.78 Å². The van der Waals surface area contributed by atoms with E-state index in [-0.39, 0.29) is 5.41 Å². The molecule has 1 unspecified atom stereocenters. The summed E-state index contributed by atoms with van der Waals surface area (Å²) >= 11 is 0. The Morgan fingerprint density at radius 1 is 1.38 bits per heavy atom. The van der Waals surface area contributed by atoms with E-state index >= 15 is 0 Å². The van der Waals surface area contributed by atoms with Crippen LogP contribution in [0.3, 0.4) is 0 Å². The molecule has 0 fully saturated rings. The van der Waals surface area contributed by atoms with Gasteiger partial charge in [0.2, 0.25) is 0 Å². The molecule has 0 N–H and O–H groups in total. The van der Waals surface area contributed by atoms with E-state index in [9.17, 15) is 4.79 Å². The Hall–Kier alpha value is -0.850. The molecule has 0 aromatic carbocycles. The Balaban J connectivity index is 2.49. The average Bonchev–Trinajstić information content (AvgIpc) is 2.15. The lowest BCUT2D eigenvalue weighted by molar-refractivity contribution is -0.114. The standard InChI is InChI=1S/C15H22O/c1-10(2)13-11(3)9-15(4)8-6-5-7-12(15)14(13)16/h7,10H,5-6,8-9H2,1-4H3. The predicted octanol–water partition coefficient (Wildman–Crippen LogP) is 4.05. The highest BCUT2D eigenvalue weighted by molar-refractivity contribution is 6.11. The zero-order valence-corrected chi connectivity index (χ0v) is 10.9. The van der Waals surface area contributed by atoms with Crippen molar-refractivity contribution >= 4 is 5.78 Å². The Bertz CT molecular complexity index is 384. The smallest absolute Gasteiger partial charge is 0.185 e. The van der Waals surface area contributed by atoms with Crippen molar-refractivity contribution in [3.05, 3.63) is 22.8 Å². The highest BCUT2D eigenvalue weighted by Crippen LogP contribution is 2.48. The Labute approximate surface area is 98.6 Å². The molecule has 0 radical (unpaired) electrons. The van der Waals surface area contributed by atoms with Gasteiger partial charge >= 0.3 is 0 Å². The second kappa shape index (κ2) is 3.87. The van der Waals surface area contributed by atoms with Gasteiger partial charge in [-0.3, -0.25) is 4.79 Å². The van der Waals surface area contributed by atoms with Gasteiger partial charge in [-0.1, -0.05) is 32.4 Å². The third-order valence-corrected chi connectivity index (χ3v) is 4.11. The quantitative estimate of drug-likeness (QED) is 0.649. The van der Waals surface area contributed by atoms with Crippen LogP contribution in [0.2, 0.25) is 0 Å². The van der Waals surface area contributed by atoms with Crippen molar-refractivity contribution in [1.82, 2.24) is 0 Å². The SMILES string of the molecule is CC1=C(C(C)C)C(=O)C2=CCCCC2(C)C1. The molecule has 1 atom stereocenters. The van der Waals surface area contributed by atoms with Crippen LogP contribution in [0.25, 0.3) is 0 Å². The van der Waals surface area contributed by atoms with Crippen molar-refractivity contribution in [2.45, 2.75) is 53.4 Å². The number of Topliss-reactive ketones (excluding diaryl/α,β-unsaturated/α-hetero) is 1. The zero-order valence-electron chi connectivity index (χ0n) is 10.9. The van der Waals surface area contributed by atoms with Crippen molar-refractivity contribution in [3.8, 4) is 0 Å². The Kier molecular flexibility index (Phi) is 2.81. The molecule has 0 spiro atoms. The van der Waals surface area contributed by atoms with E-state index in [1.807, 2.05) is 0 Å². The zero-order chi connectivity index (χ0) is 11.9. The molecule has 0 aliphatic heterocycles. The van der Waals surface area contributed by atoms with Crippen LogP contribution >= 0.6 is 0 Å². The summed E-state index contributed by atoms with van der Waals surface area (Å²) in [7, 11) is 0. The van der Waals surface area contributed by atoms with Crippen molar-refractivity contribution in [2.24, 2.45) is 11.3 Å². The third-order valence-electron chi connectivity index (χ3n) is 4.11. The second-order valence-electron chi connectivity index (χ2n) is 5.93. The van der Waals surface area contributed by atoms with Crippen LogP contribution in [0.1, 0.15) is 53.4 Å². The average molecular weight is 218 g/mol. The van der Waals surface area contributed by atoms with Gasteiger partial charge in [0.25, 0.3) is 0 Å². The fourth-order valence-electron chi connectivity index (χ4n) is 3.44. The molecular formula is C15H22O. The normalized spacial score (nSPS) is 30.6. The van der Waals surface area contributed by atoms with Crippen LogP contribution in [0, 0.1) is 11.3 Å². The molecule has 0 aromatic heterocycles. The largest absolute Gasteiger partial charge is 0.289 e. The molecule has 0 amide bonds. The molecule has 1 nitrogen and oxygen atoms in total. The second-order valence-corrected chi connectivity index (χ2v) is 5.93. The summed E-state index contributed by atoms with van der Waals surface area (Å²) in [4.78, 5) is 12.5. The Morgan fingerprint density at radius 3 is 2.69 bits per heavy atom. The van der Waals surface area contributed by atoms with E-state index in [0.717, 1.165) is 24.0 Å². The summed E-state index contributed by atoms with van der Waals surface area (Å²) in [5.41, 5.74) is 3.64. The molecule has 2 aliphatic carbocycles. The summed E-state index contributed by atoms with van der Waals surface area (Å²) < 4.78 is 0. The van der Waals surface area contributed by atoms with Gasteiger partial charge in [0.1, 0.15) is 0 Å². The lowest BCUT2D eigenvalue weighted by Crippen LogP contribution is -2.34. The van der Waals surface area contributed by atoms with Gasteiger partial charge in [-0.2, -0.15) is 0 Å². The maximum atomic E-state index is 12.5. The molecular weight excluding hydrogens is 196 g/mol. The minimum Gasteiger partial charge on any atom is -0.289 e. The van der Waals surface area contributed by atoms with Crippen molar-refractivity contribution in [1.29, 1.82) is 0 Å². The van der Waals surface area contributed by atoms with E-state index in [4.69, 9.17) is 0 Å². The highest BCUT2D eigenvalue weighted by Gasteiger charge is 2.40. The number of hydrogen-bond acceptors (Lipinski definition) is 1. The first kappa shape index (κ1) is 11.6. The number of rotatable bonds is 1. The number of carbonyl (C=O) groups excluding carboxylic acids is 1. The molecule has 0 saturated carbocycles. The summed E-state index contributed by atoms with van der Waals surface area (Å²) in [6.45, 7) is 8.66. The highest BCUT2D eigenvalue weighted by atomic mass is 16.1. The fourth-order valence-corrected chi connectivity index (χ4v) is 3.44. The van der Waals surface area contributed by atoms with Crippen LogP contribution in [-0.2, 0) is 4.79 Å². The molecule has 0 saturated heterocycles. The number of fused-ring (bicyclic) bond motifs is 1. The van der Waals surface area contributed by atoms with Gasteiger partial charge < -0.3 is 0 Å².